The van der Waals surface area contributed by atoms with E-state index in [0.717, 1.165) is 0 Å². The van der Waals surface area contributed by atoms with Crippen LogP contribution in [0.2, 0.25) is 0 Å². The van der Waals surface area contributed by atoms with Gasteiger partial charge in [-0.25, -0.2) is 0 Å². The summed E-state index contributed by atoms with van der Waals surface area (Å²) in [4.78, 5) is 10.6. The molecule has 1 aliphatic rings. The highest BCUT2D eigenvalue weighted by Gasteiger charge is 2.35. The summed E-state index contributed by atoms with van der Waals surface area (Å²) in [6.07, 6.45) is 0.269. The number of hydrogen-bond donors (Lipinski definition) is 2. The molecule has 3 rings (SSSR count). The lowest BCUT2D eigenvalue weighted by atomic mass is 10.2. The highest BCUT2D eigenvalue weighted by Crippen LogP contribution is 2.34. The van der Waals surface area contributed by atoms with Gasteiger partial charge in [0.25, 0.3) is 5.69 Å². The molecule has 7 nitrogen and oxygen atoms in total. The van der Waals surface area contributed by atoms with Gasteiger partial charge in [-0.2, -0.15) is 0 Å². The molecule has 0 aliphatic carbocycles. The first-order chi connectivity index (χ1) is 9.61. The van der Waals surface area contributed by atoms with Gasteiger partial charge < -0.3 is 19.5 Å². The molecule has 2 N–H and O–H groups in total. The number of nitro benzene ring substituents is 1. The maximum atomic E-state index is 11.0. The van der Waals surface area contributed by atoms with Crippen molar-refractivity contribution in [3.05, 3.63) is 40.6 Å². The van der Waals surface area contributed by atoms with Crippen LogP contribution in [-0.2, 0) is 4.74 Å². The van der Waals surface area contributed by atoms with Gasteiger partial charge in [-0.1, -0.05) is 6.07 Å². The SMILES string of the molecule is O=[N+]([O-])c1cccc2c1ccn2C1CC(O)[C@@H](CO)O1. The number of aliphatic hydroxyl groups is 2. The molecule has 0 bridgehead atoms. The molecular formula is C13H14N2O5. The third-order valence-corrected chi connectivity index (χ3v) is 3.63. The number of rotatable bonds is 3. The van der Waals surface area contributed by atoms with E-state index in [1.807, 2.05) is 0 Å². The quantitative estimate of drug-likeness (QED) is 0.649. The molecule has 2 aromatic rings. The van der Waals surface area contributed by atoms with Gasteiger partial charge in [0, 0.05) is 18.7 Å². The molecule has 20 heavy (non-hydrogen) atoms. The lowest BCUT2D eigenvalue weighted by Gasteiger charge is -2.14. The summed E-state index contributed by atoms with van der Waals surface area (Å²) in [5.41, 5.74) is 0.716. The number of aliphatic hydroxyl groups excluding tert-OH is 2. The van der Waals surface area contributed by atoms with Crippen molar-refractivity contribution in [2.45, 2.75) is 24.9 Å². The molecular weight excluding hydrogens is 264 g/mol. The molecule has 2 unspecified atom stereocenters. The third-order valence-electron chi connectivity index (χ3n) is 3.63. The van der Waals surface area contributed by atoms with Crippen molar-refractivity contribution in [2.24, 2.45) is 0 Å². The zero-order valence-electron chi connectivity index (χ0n) is 10.5. The largest absolute Gasteiger partial charge is 0.394 e. The molecule has 0 radical (unpaired) electrons. The average Bonchev–Trinajstić information content (AvgIpc) is 3.01. The fourth-order valence-electron chi connectivity index (χ4n) is 2.63. The van der Waals surface area contributed by atoms with Crippen molar-refractivity contribution >= 4 is 16.6 Å². The van der Waals surface area contributed by atoms with Gasteiger partial charge in [0.1, 0.15) is 12.3 Å². The number of aromatic nitrogens is 1. The average molecular weight is 278 g/mol. The maximum Gasteiger partial charge on any atom is 0.278 e. The molecule has 7 heteroatoms. The normalized spacial score (nSPS) is 26.2. The van der Waals surface area contributed by atoms with E-state index in [9.17, 15) is 15.2 Å². The molecule has 0 spiro atoms. The minimum Gasteiger partial charge on any atom is -0.394 e. The molecule has 1 aromatic carbocycles. The smallest absolute Gasteiger partial charge is 0.278 e. The monoisotopic (exact) mass is 278 g/mol. The van der Waals surface area contributed by atoms with Crippen molar-refractivity contribution < 1.29 is 19.9 Å². The summed E-state index contributed by atoms with van der Waals surface area (Å²) in [6, 6.07) is 6.50. The van der Waals surface area contributed by atoms with Gasteiger partial charge in [0.05, 0.1) is 28.5 Å². The molecule has 1 aliphatic heterocycles. The van der Waals surface area contributed by atoms with E-state index in [2.05, 4.69) is 0 Å². The summed E-state index contributed by atoms with van der Waals surface area (Å²) < 4.78 is 7.32. The van der Waals surface area contributed by atoms with E-state index in [-0.39, 0.29) is 12.3 Å². The van der Waals surface area contributed by atoms with Crippen molar-refractivity contribution in [3.63, 3.8) is 0 Å². The Morgan fingerprint density at radius 1 is 1.45 bits per heavy atom. The number of non-ortho nitro benzene ring substituents is 1. The van der Waals surface area contributed by atoms with Gasteiger partial charge in [-0.05, 0) is 12.1 Å². The summed E-state index contributed by atoms with van der Waals surface area (Å²) in [7, 11) is 0. The molecule has 106 valence electrons. The van der Waals surface area contributed by atoms with Crippen LogP contribution < -0.4 is 0 Å². The molecule has 1 aromatic heterocycles. The Balaban J connectivity index is 2.02. The second-order valence-electron chi connectivity index (χ2n) is 4.80. The Labute approximate surface area is 114 Å². The lowest BCUT2D eigenvalue weighted by molar-refractivity contribution is -0.383. The van der Waals surface area contributed by atoms with Crippen LogP contribution in [0.3, 0.4) is 0 Å². The first-order valence-electron chi connectivity index (χ1n) is 6.30. The van der Waals surface area contributed by atoms with E-state index in [1.165, 1.54) is 6.07 Å². The second kappa shape index (κ2) is 4.86. The highest BCUT2D eigenvalue weighted by molar-refractivity contribution is 5.89. The zero-order valence-corrected chi connectivity index (χ0v) is 10.5. The van der Waals surface area contributed by atoms with Crippen LogP contribution in [0, 0.1) is 10.1 Å². The Morgan fingerprint density at radius 2 is 2.25 bits per heavy atom. The molecule has 3 atom stereocenters. The number of nitrogens with zero attached hydrogens (tertiary/aromatic N) is 2. The summed E-state index contributed by atoms with van der Waals surface area (Å²) >= 11 is 0. The van der Waals surface area contributed by atoms with Crippen LogP contribution in [0.1, 0.15) is 12.6 Å². The van der Waals surface area contributed by atoms with Gasteiger partial charge >= 0.3 is 0 Å². The number of benzene rings is 1. The van der Waals surface area contributed by atoms with E-state index < -0.39 is 23.4 Å². The predicted molar refractivity (Wildman–Crippen MR) is 70.2 cm³/mol. The second-order valence-corrected chi connectivity index (χ2v) is 4.80. The minimum absolute atomic E-state index is 0.0403. The Bertz CT molecular complexity index is 653. The Morgan fingerprint density at radius 3 is 2.90 bits per heavy atom. The summed E-state index contributed by atoms with van der Waals surface area (Å²) in [5.74, 6) is 0. The van der Waals surface area contributed by atoms with Gasteiger partial charge in [0.2, 0.25) is 0 Å². The van der Waals surface area contributed by atoms with E-state index in [4.69, 9.17) is 9.84 Å². The topological polar surface area (TPSA) is 97.8 Å². The molecule has 0 saturated carbocycles. The maximum absolute atomic E-state index is 11.0. The van der Waals surface area contributed by atoms with Gasteiger partial charge in [0.15, 0.2) is 0 Å². The number of ether oxygens (including phenoxy) is 1. The van der Waals surface area contributed by atoms with Crippen LogP contribution in [0.25, 0.3) is 10.9 Å². The number of nitro groups is 1. The molecule has 0 amide bonds. The lowest BCUT2D eigenvalue weighted by Crippen LogP contribution is -2.24. The minimum atomic E-state index is -0.735. The van der Waals surface area contributed by atoms with Crippen molar-refractivity contribution in [2.75, 3.05) is 6.61 Å². The molecule has 1 saturated heterocycles. The van der Waals surface area contributed by atoms with E-state index >= 15 is 0 Å². The van der Waals surface area contributed by atoms with Gasteiger partial charge in [-0.15, -0.1) is 0 Å². The van der Waals surface area contributed by atoms with Crippen molar-refractivity contribution in [1.29, 1.82) is 0 Å². The third kappa shape index (κ3) is 1.96. The standard InChI is InChI=1S/C13H14N2O5/c16-7-12-11(17)6-13(20-12)14-5-4-8-9(14)2-1-3-10(8)15(18)19/h1-5,11-13,16-17H,6-7H2/t11?,12-,13?/m1/s1. The Hall–Kier alpha value is -1.96. The Kier molecular flexibility index (Phi) is 3.17. The van der Waals surface area contributed by atoms with Crippen molar-refractivity contribution in [1.82, 2.24) is 4.57 Å². The molecule has 1 fully saturated rings. The van der Waals surface area contributed by atoms with E-state index in [1.54, 1.807) is 29.0 Å². The summed E-state index contributed by atoms with van der Waals surface area (Å²) in [6.45, 7) is -0.253. The fraction of sp³-hybridized carbons (Fsp3) is 0.385. The first kappa shape index (κ1) is 13.0. The highest BCUT2D eigenvalue weighted by atomic mass is 16.6. The predicted octanol–water partition coefficient (Wildman–Crippen LogP) is 1.19. The van der Waals surface area contributed by atoms with Crippen LogP contribution in [0.5, 0.6) is 0 Å². The van der Waals surface area contributed by atoms with E-state index in [0.29, 0.717) is 17.3 Å². The van der Waals surface area contributed by atoms with Gasteiger partial charge in [-0.3, -0.25) is 10.1 Å². The zero-order chi connectivity index (χ0) is 14.3. The molecule has 2 heterocycles. The van der Waals surface area contributed by atoms with Crippen LogP contribution in [0.4, 0.5) is 5.69 Å². The van der Waals surface area contributed by atoms with Crippen LogP contribution in [0.15, 0.2) is 30.5 Å². The number of hydrogen-bond acceptors (Lipinski definition) is 5. The van der Waals surface area contributed by atoms with Crippen LogP contribution in [-0.4, -0.2) is 38.5 Å². The number of fused-ring (bicyclic) bond motifs is 1. The van der Waals surface area contributed by atoms with Crippen LogP contribution >= 0.6 is 0 Å². The fourth-order valence-corrected chi connectivity index (χ4v) is 2.63. The summed E-state index contributed by atoms with van der Waals surface area (Å²) in [5, 5.41) is 30.4. The first-order valence-corrected chi connectivity index (χ1v) is 6.30. The van der Waals surface area contributed by atoms with Crippen molar-refractivity contribution in [3.8, 4) is 0 Å².